The van der Waals surface area contributed by atoms with Crippen molar-refractivity contribution in [2.75, 3.05) is 17.7 Å². The van der Waals surface area contributed by atoms with Crippen LogP contribution in [-0.2, 0) is 4.79 Å². The quantitative estimate of drug-likeness (QED) is 0.646. The molecule has 2 heterocycles. The highest BCUT2D eigenvalue weighted by molar-refractivity contribution is 6.06. The molecule has 0 bridgehead atoms. The summed E-state index contributed by atoms with van der Waals surface area (Å²) in [6, 6.07) is 13.4. The topological polar surface area (TPSA) is 101 Å². The van der Waals surface area contributed by atoms with Gasteiger partial charge in [0.25, 0.3) is 5.91 Å². The molecule has 1 aliphatic rings. The molecule has 3 N–H and O–H groups in total. The van der Waals surface area contributed by atoms with Gasteiger partial charge in [0.2, 0.25) is 5.95 Å². The van der Waals surface area contributed by atoms with E-state index in [1.807, 2.05) is 19.1 Å². The van der Waals surface area contributed by atoms with Crippen LogP contribution in [0.2, 0.25) is 0 Å². The second-order valence-electron chi connectivity index (χ2n) is 6.34. The number of carbonyl (C=O) groups is 1. The summed E-state index contributed by atoms with van der Waals surface area (Å²) in [7, 11) is 1.55. The van der Waals surface area contributed by atoms with Crippen molar-refractivity contribution < 1.29 is 14.6 Å². The monoisotopic (exact) mass is 377 g/mol. The number of nitrogens with one attached hydrogen (secondary N) is 2. The maximum Gasteiger partial charge on any atom is 0.255 e. The van der Waals surface area contributed by atoms with Crippen molar-refractivity contribution in [3.8, 4) is 11.5 Å². The average Bonchev–Trinajstić information content (AvgIpc) is 3.16. The van der Waals surface area contributed by atoms with Crippen molar-refractivity contribution in [3.05, 3.63) is 71.7 Å². The minimum atomic E-state index is -0.492. The lowest BCUT2D eigenvalue weighted by atomic mass is 9.95. The predicted octanol–water partition coefficient (Wildman–Crippen LogP) is 2.92. The van der Waals surface area contributed by atoms with E-state index in [4.69, 9.17) is 4.74 Å². The van der Waals surface area contributed by atoms with Gasteiger partial charge in [-0.25, -0.2) is 4.68 Å². The molecule has 0 saturated heterocycles. The number of nitrogens with zero attached hydrogens (tertiary/aromatic N) is 3. The third-order valence-electron chi connectivity index (χ3n) is 4.60. The minimum absolute atomic E-state index is 0.150. The summed E-state index contributed by atoms with van der Waals surface area (Å²) >= 11 is 0. The highest BCUT2D eigenvalue weighted by Gasteiger charge is 2.33. The number of allylic oxidation sites excluding steroid dienone is 1. The normalized spacial score (nSPS) is 15.6. The van der Waals surface area contributed by atoms with Crippen molar-refractivity contribution in [1.82, 2.24) is 14.8 Å². The Morgan fingerprint density at radius 1 is 1.21 bits per heavy atom. The molecule has 4 rings (SSSR count). The second kappa shape index (κ2) is 7.07. The molecule has 0 spiro atoms. The van der Waals surface area contributed by atoms with Crippen molar-refractivity contribution >= 4 is 17.5 Å². The van der Waals surface area contributed by atoms with Gasteiger partial charge in [0.1, 0.15) is 23.9 Å². The molecular formula is C20H19N5O3. The van der Waals surface area contributed by atoms with E-state index in [2.05, 4.69) is 20.7 Å². The van der Waals surface area contributed by atoms with Crippen LogP contribution in [0.3, 0.4) is 0 Å². The fourth-order valence-electron chi connectivity index (χ4n) is 3.29. The van der Waals surface area contributed by atoms with E-state index >= 15 is 0 Å². The van der Waals surface area contributed by atoms with Gasteiger partial charge in [-0.3, -0.25) is 4.79 Å². The number of aromatic hydroxyl groups is 1. The van der Waals surface area contributed by atoms with Crippen LogP contribution < -0.4 is 15.4 Å². The van der Waals surface area contributed by atoms with Crippen LogP contribution in [0.25, 0.3) is 0 Å². The molecule has 3 aromatic rings. The largest absolute Gasteiger partial charge is 0.508 e. The van der Waals surface area contributed by atoms with E-state index in [0.29, 0.717) is 28.7 Å². The molecule has 0 fully saturated rings. The first-order valence-electron chi connectivity index (χ1n) is 8.69. The summed E-state index contributed by atoms with van der Waals surface area (Å²) in [5, 5.41) is 20.0. The van der Waals surface area contributed by atoms with E-state index in [1.165, 1.54) is 6.33 Å². The van der Waals surface area contributed by atoms with Gasteiger partial charge in [-0.15, -0.1) is 0 Å². The molecule has 1 aliphatic heterocycles. The number of hydrogen-bond acceptors (Lipinski definition) is 6. The fourth-order valence-corrected chi connectivity index (χ4v) is 3.29. The first-order chi connectivity index (χ1) is 13.6. The van der Waals surface area contributed by atoms with E-state index in [0.717, 1.165) is 5.56 Å². The molecule has 1 aromatic heterocycles. The number of para-hydroxylation sites is 2. The standard InChI is InChI=1S/C20H19N5O3/c1-12-17(19(27)24-15-5-3-4-6-16(15)28-2)18(13-7-9-14(26)10-8-13)25-20(23-12)21-11-22-25/h3-11,18,26H,1-2H3,(H,24,27)(H,21,22,23)/t18-/m1/s1. The van der Waals surface area contributed by atoms with E-state index in [9.17, 15) is 9.90 Å². The Balaban J connectivity index is 1.76. The molecule has 1 atom stereocenters. The number of rotatable bonds is 4. The van der Waals surface area contributed by atoms with Gasteiger partial charge in [-0.05, 0) is 36.8 Å². The lowest BCUT2D eigenvalue weighted by molar-refractivity contribution is -0.113. The SMILES string of the molecule is COc1ccccc1NC(=O)C1=C(C)Nc2ncnn2[C@@H]1c1ccc(O)cc1. The molecule has 8 heteroatoms. The van der Waals surface area contributed by atoms with Gasteiger partial charge >= 0.3 is 0 Å². The summed E-state index contributed by atoms with van der Waals surface area (Å²) in [6.45, 7) is 1.82. The summed E-state index contributed by atoms with van der Waals surface area (Å²) < 4.78 is 6.98. The number of anilines is 2. The molecule has 0 saturated carbocycles. The second-order valence-corrected chi connectivity index (χ2v) is 6.34. The molecule has 0 aliphatic carbocycles. The summed E-state index contributed by atoms with van der Waals surface area (Å²) in [6.07, 6.45) is 1.43. The van der Waals surface area contributed by atoms with Crippen LogP contribution >= 0.6 is 0 Å². The third-order valence-corrected chi connectivity index (χ3v) is 4.60. The number of phenols is 1. The van der Waals surface area contributed by atoms with Gasteiger partial charge in [0, 0.05) is 5.70 Å². The van der Waals surface area contributed by atoms with Crippen molar-refractivity contribution in [2.45, 2.75) is 13.0 Å². The molecule has 2 aromatic carbocycles. The number of amides is 1. The average molecular weight is 377 g/mol. The Hall–Kier alpha value is -3.81. The Bertz CT molecular complexity index is 1060. The van der Waals surface area contributed by atoms with Crippen LogP contribution in [0, 0.1) is 0 Å². The molecule has 1 amide bonds. The maximum absolute atomic E-state index is 13.3. The molecule has 28 heavy (non-hydrogen) atoms. The smallest absolute Gasteiger partial charge is 0.255 e. The van der Waals surface area contributed by atoms with Crippen molar-refractivity contribution in [3.63, 3.8) is 0 Å². The van der Waals surface area contributed by atoms with Crippen LogP contribution in [0.5, 0.6) is 11.5 Å². The summed E-state index contributed by atoms with van der Waals surface area (Å²) in [5.41, 5.74) is 2.54. The third kappa shape index (κ3) is 3.05. The first kappa shape index (κ1) is 17.6. The van der Waals surface area contributed by atoms with E-state index in [1.54, 1.807) is 48.2 Å². The van der Waals surface area contributed by atoms with Crippen LogP contribution in [0.1, 0.15) is 18.5 Å². The van der Waals surface area contributed by atoms with Gasteiger partial charge in [-0.1, -0.05) is 24.3 Å². The number of benzene rings is 2. The lowest BCUT2D eigenvalue weighted by Gasteiger charge is -2.28. The van der Waals surface area contributed by atoms with Crippen LogP contribution in [0.15, 0.2) is 66.1 Å². The highest BCUT2D eigenvalue weighted by Crippen LogP contribution is 2.36. The predicted molar refractivity (Wildman–Crippen MR) is 104 cm³/mol. The van der Waals surface area contributed by atoms with Crippen LogP contribution in [0.4, 0.5) is 11.6 Å². The van der Waals surface area contributed by atoms with E-state index < -0.39 is 6.04 Å². The van der Waals surface area contributed by atoms with Gasteiger partial charge in [0.05, 0.1) is 18.4 Å². The zero-order chi connectivity index (χ0) is 19.7. The Morgan fingerprint density at radius 2 is 1.96 bits per heavy atom. The fraction of sp³-hybridized carbons (Fsp3) is 0.150. The van der Waals surface area contributed by atoms with Crippen molar-refractivity contribution in [2.24, 2.45) is 0 Å². The molecule has 0 unspecified atom stereocenters. The van der Waals surface area contributed by atoms with Gasteiger partial charge in [0.15, 0.2) is 0 Å². The number of ether oxygens (including phenoxy) is 1. The zero-order valence-corrected chi connectivity index (χ0v) is 15.4. The Kier molecular flexibility index (Phi) is 4.44. The first-order valence-corrected chi connectivity index (χ1v) is 8.69. The minimum Gasteiger partial charge on any atom is -0.508 e. The number of fused-ring (bicyclic) bond motifs is 1. The Morgan fingerprint density at radius 3 is 2.71 bits per heavy atom. The lowest BCUT2D eigenvalue weighted by Crippen LogP contribution is -2.31. The highest BCUT2D eigenvalue weighted by atomic mass is 16.5. The zero-order valence-electron chi connectivity index (χ0n) is 15.4. The number of phenolic OH excluding ortho intramolecular Hbond substituents is 1. The van der Waals surface area contributed by atoms with Gasteiger partial charge < -0.3 is 20.5 Å². The van der Waals surface area contributed by atoms with Crippen molar-refractivity contribution in [1.29, 1.82) is 0 Å². The van der Waals surface area contributed by atoms with Crippen LogP contribution in [-0.4, -0.2) is 32.9 Å². The number of aromatic nitrogens is 3. The number of hydrogen-bond donors (Lipinski definition) is 3. The van der Waals surface area contributed by atoms with E-state index in [-0.39, 0.29) is 11.7 Å². The number of carbonyl (C=O) groups excluding carboxylic acids is 1. The maximum atomic E-state index is 13.3. The molecule has 142 valence electrons. The molecular weight excluding hydrogens is 358 g/mol. The Labute approximate surface area is 161 Å². The number of methoxy groups -OCH3 is 1. The van der Waals surface area contributed by atoms with Gasteiger partial charge in [-0.2, -0.15) is 10.1 Å². The summed E-state index contributed by atoms with van der Waals surface area (Å²) in [5.74, 6) is 0.982. The molecule has 8 nitrogen and oxygen atoms in total. The summed E-state index contributed by atoms with van der Waals surface area (Å²) in [4.78, 5) is 17.5. The molecule has 0 radical (unpaired) electrons.